The summed E-state index contributed by atoms with van der Waals surface area (Å²) in [4.78, 5) is 12.6. The third-order valence-corrected chi connectivity index (χ3v) is 7.68. The molecule has 0 unspecified atom stereocenters. The molecule has 29 heavy (non-hydrogen) atoms. The SMILES string of the molecule is CC(C)S(=O)(=O)Cc1ccc(C(=O)Cc2ccc(OC3CCCCC3)cc2)cc1. The summed E-state index contributed by atoms with van der Waals surface area (Å²) in [6, 6.07) is 14.7. The molecule has 1 saturated carbocycles. The van der Waals surface area contributed by atoms with Gasteiger partial charge in [0.2, 0.25) is 0 Å². The van der Waals surface area contributed by atoms with Crippen molar-refractivity contribution in [2.45, 2.75) is 69.5 Å². The molecule has 0 saturated heterocycles. The Hall–Kier alpha value is -2.14. The van der Waals surface area contributed by atoms with Gasteiger partial charge in [-0.2, -0.15) is 0 Å². The predicted molar refractivity (Wildman–Crippen MR) is 116 cm³/mol. The summed E-state index contributed by atoms with van der Waals surface area (Å²) in [5.41, 5.74) is 2.25. The molecule has 1 fully saturated rings. The van der Waals surface area contributed by atoms with E-state index in [0.29, 0.717) is 23.7 Å². The summed E-state index contributed by atoms with van der Waals surface area (Å²) in [6.07, 6.45) is 6.64. The average molecular weight is 415 g/mol. The third kappa shape index (κ3) is 6.17. The molecule has 0 heterocycles. The number of hydrogen-bond donors (Lipinski definition) is 0. The van der Waals surface area contributed by atoms with E-state index in [1.54, 1.807) is 38.1 Å². The molecule has 0 bridgehead atoms. The van der Waals surface area contributed by atoms with Crippen LogP contribution in [0.5, 0.6) is 5.75 Å². The second-order valence-corrected chi connectivity index (χ2v) is 10.7. The van der Waals surface area contributed by atoms with Crippen LogP contribution in [0.4, 0.5) is 0 Å². The number of hydrogen-bond acceptors (Lipinski definition) is 4. The maximum Gasteiger partial charge on any atom is 0.167 e. The molecule has 1 aliphatic carbocycles. The highest BCUT2D eigenvalue weighted by molar-refractivity contribution is 7.91. The normalized spacial score (nSPS) is 15.4. The lowest BCUT2D eigenvalue weighted by atomic mass is 9.98. The summed E-state index contributed by atoms with van der Waals surface area (Å²) in [7, 11) is -3.14. The molecule has 1 aliphatic rings. The largest absolute Gasteiger partial charge is 0.490 e. The van der Waals surface area contributed by atoms with Crippen LogP contribution in [-0.4, -0.2) is 25.6 Å². The smallest absolute Gasteiger partial charge is 0.167 e. The van der Waals surface area contributed by atoms with E-state index in [4.69, 9.17) is 4.74 Å². The van der Waals surface area contributed by atoms with Crippen LogP contribution >= 0.6 is 0 Å². The van der Waals surface area contributed by atoms with Crippen molar-refractivity contribution in [3.05, 3.63) is 65.2 Å². The number of sulfone groups is 1. The zero-order valence-corrected chi connectivity index (χ0v) is 18.1. The Labute approximate surface area is 174 Å². The summed E-state index contributed by atoms with van der Waals surface area (Å²) in [5, 5.41) is -0.408. The topological polar surface area (TPSA) is 60.4 Å². The highest BCUT2D eigenvalue weighted by Gasteiger charge is 2.17. The molecule has 0 N–H and O–H groups in total. The summed E-state index contributed by atoms with van der Waals surface area (Å²) in [5.74, 6) is 0.884. The molecule has 2 aromatic carbocycles. The van der Waals surface area contributed by atoms with E-state index >= 15 is 0 Å². The van der Waals surface area contributed by atoms with E-state index in [0.717, 1.165) is 24.2 Å². The maximum absolute atomic E-state index is 12.6. The van der Waals surface area contributed by atoms with Gasteiger partial charge >= 0.3 is 0 Å². The van der Waals surface area contributed by atoms with E-state index in [1.165, 1.54) is 19.3 Å². The number of benzene rings is 2. The van der Waals surface area contributed by atoms with Crippen molar-refractivity contribution >= 4 is 15.6 Å². The molecule has 0 spiro atoms. The minimum atomic E-state index is -3.14. The minimum absolute atomic E-state index is 0.00158. The molecule has 0 aromatic heterocycles. The van der Waals surface area contributed by atoms with E-state index < -0.39 is 15.1 Å². The second-order valence-electron chi connectivity index (χ2n) is 8.17. The van der Waals surface area contributed by atoms with Gasteiger partial charge in [0.15, 0.2) is 15.6 Å². The Morgan fingerprint density at radius 3 is 2.10 bits per heavy atom. The molecule has 0 aliphatic heterocycles. The monoisotopic (exact) mass is 414 g/mol. The van der Waals surface area contributed by atoms with Gasteiger partial charge in [-0.15, -0.1) is 0 Å². The van der Waals surface area contributed by atoms with Crippen molar-refractivity contribution in [2.24, 2.45) is 0 Å². The number of ether oxygens (including phenoxy) is 1. The first-order chi connectivity index (χ1) is 13.8. The van der Waals surface area contributed by atoms with Gasteiger partial charge < -0.3 is 4.74 Å². The maximum atomic E-state index is 12.6. The molecule has 0 atom stereocenters. The Morgan fingerprint density at radius 2 is 1.52 bits per heavy atom. The summed E-state index contributed by atoms with van der Waals surface area (Å²) < 4.78 is 30.1. The molecule has 0 radical (unpaired) electrons. The van der Waals surface area contributed by atoms with Crippen molar-refractivity contribution in [1.82, 2.24) is 0 Å². The molecular weight excluding hydrogens is 384 g/mol. The van der Waals surface area contributed by atoms with Crippen molar-refractivity contribution in [1.29, 1.82) is 0 Å². The van der Waals surface area contributed by atoms with Gasteiger partial charge in [0.1, 0.15) is 5.75 Å². The molecular formula is C24H30O4S. The highest BCUT2D eigenvalue weighted by Crippen LogP contribution is 2.24. The van der Waals surface area contributed by atoms with Crippen molar-refractivity contribution in [3.8, 4) is 5.75 Å². The Kier molecular flexibility index (Phi) is 7.12. The van der Waals surface area contributed by atoms with Crippen molar-refractivity contribution in [2.75, 3.05) is 0 Å². The number of carbonyl (C=O) groups is 1. The van der Waals surface area contributed by atoms with E-state index in [2.05, 4.69) is 0 Å². The van der Waals surface area contributed by atoms with Gasteiger partial charge in [0.25, 0.3) is 0 Å². The Balaban J connectivity index is 1.57. The highest BCUT2D eigenvalue weighted by atomic mass is 32.2. The second kappa shape index (κ2) is 9.57. The van der Waals surface area contributed by atoms with E-state index in [-0.39, 0.29) is 11.5 Å². The Bertz CT molecular complexity index is 906. The first kappa shape index (κ1) is 21.6. The van der Waals surface area contributed by atoms with E-state index in [1.807, 2.05) is 24.3 Å². The van der Waals surface area contributed by atoms with Gasteiger partial charge in [-0.3, -0.25) is 4.79 Å². The Morgan fingerprint density at radius 1 is 0.931 bits per heavy atom. The first-order valence-electron chi connectivity index (χ1n) is 10.4. The minimum Gasteiger partial charge on any atom is -0.490 e. The molecule has 156 valence electrons. The molecule has 5 heteroatoms. The van der Waals surface area contributed by atoms with Gasteiger partial charge in [-0.05, 0) is 62.8 Å². The molecule has 2 aromatic rings. The van der Waals surface area contributed by atoms with Gasteiger partial charge in [-0.25, -0.2) is 8.42 Å². The van der Waals surface area contributed by atoms with Crippen molar-refractivity contribution in [3.63, 3.8) is 0 Å². The number of ketones is 1. The number of Topliss-reactive ketones (excluding diaryl/α,β-unsaturated/α-hetero) is 1. The van der Waals surface area contributed by atoms with Crippen LogP contribution < -0.4 is 4.74 Å². The molecule has 0 amide bonds. The van der Waals surface area contributed by atoms with Crippen LogP contribution in [0.2, 0.25) is 0 Å². The van der Waals surface area contributed by atoms with Gasteiger partial charge in [0.05, 0.1) is 17.1 Å². The summed E-state index contributed by atoms with van der Waals surface area (Å²) >= 11 is 0. The fourth-order valence-electron chi connectivity index (χ4n) is 3.53. The van der Waals surface area contributed by atoms with E-state index in [9.17, 15) is 13.2 Å². The predicted octanol–water partition coefficient (Wildman–Crippen LogP) is 5.15. The first-order valence-corrected chi connectivity index (χ1v) is 12.1. The average Bonchev–Trinajstić information content (AvgIpc) is 2.70. The molecule has 3 rings (SSSR count). The van der Waals surface area contributed by atoms with Crippen LogP contribution in [0, 0.1) is 0 Å². The zero-order chi connectivity index (χ0) is 20.9. The van der Waals surface area contributed by atoms with Gasteiger partial charge in [-0.1, -0.05) is 42.8 Å². The van der Waals surface area contributed by atoms with Crippen molar-refractivity contribution < 1.29 is 17.9 Å². The fraction of sp³-hybridized carbons (Fsp3) is 0.458. The standard InChI is InChI=1S/C24H30O4S/c1-18(2)29(26,27)17-20-8-12-21(13-9-20)24(25)16-19-10-14-23(15-11-19)28-22-6-4-3-5-7-22/h8-15,18,22H,3-7,16-17H2,1-2H3. The lowest BCUT2D eigenvalue weighted by molar-refractivity contribution is 0.0993. The number of carbonyl (C=O) groups excluding carboxylic acids is 1. The number of rotatable bonds is 8. The van der Waals surface area contributed by atoms with Crippen LogP contribution in [-0.2, 0) is 22.0 Å². The van der Waals surface area contributed by atoms with Crippen LogP contribution in [0.15, 0.2) is 48.5 Å². The lowest BCUT2D eigenvalue weighted by Crippen LogP contribution is -2.19. The quantitative estimate of drug-likeness (QED) is 0.561. The van der Waals surface area contributed by atoms with Crippen LogP contribution in [0.25, 0.3) is 0 Å². The summed E-state index contributed by atoms with van der Waals surface area (Å²) in [6.45, 7) is 3.36. The fourth-order valence-corrected chi connectivity index (χ4v) is 4.52. The van der Waals surface area contributed by atoms with Crippen LogP contribution in [0.1, 0.15) is 67.4 Å². The lowest BCUT2D eigenvalue weighted by Gasteiger charge is -2.23. The van der Waals surface area contributed by atoms with Gasteiger partial charge in [0, 0.05) is 12.0 Å². The third-order valence-electron chi connectivity index (χ3n) is 5.50. The van der Waals surface area contributed by atoms with Crippen LogP contribution in [0.3, 0.4) is 0 Å². The molecule has 4 nitrogen and oxygen atoms in total. The zero-order valence-electron chi connectivity index (χ0n) is 17.3.